The van der Waals surface area contributed by atoms with E-state index in [1.165, 1.54) is 4.90 Å². The van der Waals surface area contributed by atoms with E-state index in [0.29, 0.717) is 5.69 Å². The summed E-state index contributed by atoms with van der Waals surface area (Å²) in [4.78, 5) is 26.6. The lowest BCUT2D eigenvalue weighted by Crippen LogP contribution is -2.41. The van der Waals surface area contributed by atoms with Crippen LogP contribution in [-0.4, -0.2) is 35.0 Å². The zero-order valence-electron chi connectivity index (χ0n) is 15.5. The molecule has 5 nitrogen and oxygen atoms in total. The molecule has 2 aromatic rings. The Morgan fingerprint density at radius 1 is 1.08 bits per heavy atom. The van der Waals surface area contributed by atoms with Crippen LogP contribution in [0.3, 0.4) is 0 Å². The van der Waals surface area contributed by atoms with Gasteiger partial charge in [0.2, 0.25) is 0 Å². The van der Waals surface area contributed by atoms with Crippen LogP contribution in [0.15, 0.2) is 48.5 Å². The van der Waals surface area contributed by atoms with Crippen molar-refractivity contribution >= 4 is 17.5 Å². The highest BCUT2D eigenvalue weighted by Crippen LogP contribution is 2.27. The first kappa shape index (κ1) is 19.7. The van der Waals surface area contributed by atoms with Crippen molar-refractivity contribution in [3.8, 4) is 0 Å². The second-order valence-electron chi connectivity index (χ2n) is 6.58. The molecule has 0 radical (unpaired) electrons. The third kappa shape index (κ3) is 4.92. The third-order valence-corrected chi connectivity index (χ3v) is 4.23. The van der Waals surface area contributed by atoms with Crippen LogP contribution in [0.25, 0.3) is 0 Å². The molecule has 2 rings (SSSR count). The number of para-hydroxylation sites is 1. The number of anilines is 1. The summed E-state index contributed by atoms with van der Waals surface area (Å²) in [5.41, 5.74) is 3.49. The van der Waals surface area contributed by atoms with Crippen LogP contribution >= 0.6 is 0 Å². The van der Waals surface area contributed by atoms with E-state index >= 15 is 0 Å². The van der Waals surface area contributed by atoms with Gasteiger partial charge < -0.3 is 15.3 Å². The number of benzene rings is 2. The van der Waals surface area contributed by atoms with E-state index < -0.39 is 11.8 Å². The number of rotatable bonds is 6. The Morgan fingerprint density at radius 2 is 1.77 bits per heavy atom. The summed E-state index contributed by atoms with van der Waals surface area (Å²) in [5, 5.41) is 12.0. The first-order valence-corrected chi connectivity index (χ1v) is 8.78. The number of carbonyl (C=O) groups excluding carboxylic acids is 2. The molecule has 26 heavy (non-hydrogen) atoms. The largest absolute Gasteiger partial charge is 0.395 e. The quantitative estimate of drug-likeness (QED) is 0.783. The molecule has 2 aromatic carbocycles. The number of nitrogens with zero attached hydrogens (tertiary/aromatic N) is 1. The fourth-order valence-corrected chi connectivity index (χ4v) is 2.83. The number of hydrogen-bond donors (Lipinski definition) is 2. The second-order valence-corrected chi connectivity index (χ2v) is 6.58. The molecule has 2 amide bonds. The number of aliphatic hydroxyl groups is 1. The van der Waals surface area contributed by atoms with Gasteiger partial charge in [0.1, 0.15) is 0 Å². The van der Waals surface area contributed by atoms with Crippen LogP contribution in [0, 0.1) is 6.92 Å². The third-order valence-electron chi connectivity index (χ3n) is 4.23. The van der Waals surface area contributed by atoms with E-state index in [4.69, 9.17) is 0 Å². The van der Waals surface area contributed by atoms with Gasteiger partial charge in [-0.3, -0.25) is 9.59 Å². The minimum absolute atomic E-state index is 0.103. The summed E-state index contributed by atoms with van der Waals surface area (Å²) in [6, 6.07) is 15.2. The van der Waals surface area contributed by atoms with Gasteiger partial charge in [-0.1, -0.05) is 62.4 Å². The van der Waals surface area contributed by atoms with E-state index in [2.05, 4.69) is 5.32 Å². The molecule has 0 bridgehead atoms. The Hall–Kier alpha value is -2.66. The fraction of sp³-hybridized carbons (Fsp3) is 0.333. The molecule has 0 aliphatic rings. The summed E-state index contributed by atoms with van der Waals surface area (Å²) in [6.45, 7) is 6.17. The summed E-state index contributed by atoms with van der Waals surface area (Å²) >= 11 is 0. The molecule has 0 spiro atoms. The minimum atomic E-state index is -0.689. The second kappa shape index (κ2) is 9.15. The average molecular weight is 354 g/mol. The van der Waals surface area contributed by atoms with Crippen molar-refractivity contribution in [1.29, 1.82) is 0 Å². The number of carbonyl (C=O) groups is 2. The first-order valence-electron chi connectivity index (χ1n) is 8.78. The smallest absolute Gasteiger partial charge is 0.313 e. The van der Waals surface area contributed by atoms with Gasteiger partial charge in [-0.15, -0.1) is 0 Å². The number of aliphatic hydroxyl groups excluding tert-OH is 1. The van der Waals surface area contributed by atoms with Gasteiger partial charge in [0, 0.05) is 18.8 Å². The van der Waals surface area contributed by atoms with Crippen LogP contribution < -0.4 is 5.32 Å². The standard InChI is InChI=1S/C21H26N2O3/c1-15(2)18-11-7-8-16(3)19(18)22-20(25)21(26)23(12-13-24)14-17-9-5-4-6-10-17/h4-11,15,24H,12-14H2,1-3H3,(H,22,25). The highest BCUT2D eigenvalue weighted by Gasteiger charge is 2.23. The molecule has 2 N–H and O–H groups in total. The van der Waals surface area contributed by atoms with Crippen molar-refractivity contribution in [3.63, 3.8) is 0 Å². The van der Waals surface area contributed by atoms with Crippen molar-refractivity contribution in [2.75, 3.05) is 18.5 Å². The zero-order chi connectivity index (χ0) is 19.1. The van der Waals surface area contributed by atoms with Gasteiger partial charge in [0.25, 0.3) is 0 Å². The number of aryl methyl sites for hydroxylation is 1. The highest BCUT2D eigenvalue weighted by molar-refractivity contribution is 6.39. The average Bonchev–Trinajstić information content (AvgIpc) is 2.63. The molecular weight excluding hydrogens is 328 g/mol. The lowest BCUT2D eigenvalue weighted by atomic mass is 9.98. The molecule has 0 heterocycles. The zero-order valence-corrected chi connectivity index (χ0v) is 15.5. The van der Waals surface area contributed by atoms with Crippen molar-refractivity contribution in [1.82, 2.24) is 4.90 Å². The summed E-state index contributed by atoms with van der Waals surface area (Å²) in [5.74, 6) is -1.12. The van der Waals surface area contributed by atoms with Gasteiger partial charge >= 0.3 is 11.8 Å². The number of nitrogens with one attached hydrogen (secondary N) is 1. The predicted molar refractivity (Wildman–Crippen MR) is 103 cm³/mol. The Balaban J connectivity index is 2.18. The van der Waals surface area contributed by atoms with E-state index in [9.17, 15) is 14.7 Å². The van der Waals surface area contributed by atoms with Crippen molar-refractivity contribution < 1.29 is 14.7 Å². The van der Waals surface area contributed by atoms with Gasteiger partial charge in [-0.2, -0.15) is 0 Å². The molecule has 0 saturated heterocycles. The monoisotopic (exact) mass is 354 g/mol. The molecule has 0 saturated carbocycles. The molecule has 138 valence electrons. The van der Waals surface area contributed by atoms with Crippen LogP contribution in [0.4, 0.5) is 5.69 Å². The maximum Gasteiger partial charge on any atom is 0.313 e. The lowest BCUT2D eigenvalue weighted by Gasteiger charge is -2.22. The highest BCUT2D eigenvalue weighted by atomic mass is 16.3. The fourth-order valence-electron chi connectivity index (χ4n) is 2.83. The predicted octanol–water partition coefficient (Wildman–Crippen LogP) is 3.08. The van der Waals surface area contributed by atoms with Gasteiger partial charge in [-0.25, -0.2) is 0 Å². The molecule has 0 aromatic heterocycles. The molecule has 0 unspecified atom stereocenters. The maximum absolute atomic E-state index is 12.6. The van der Waals surface area contributed by atoms with E-state index in [-0.39, 0.29) is 25.6 Å². The van der Waals surface area contributed by atoms with Crippen molar-refractivity contribution in [2.45, 2.75) is 33.2 Å². The van der Waals surface area contributed by atoms with E-state index in [0.717, 1.165) is 16.7 Å². The van der Waals surface area contributed by atoms with Crippen LogP contribution in [0.5, 0.6) is 0 Å². The first-order chi connectivity index (χ1) is 12.4. The molecule has 0 aliphatic heterocycles. The Kier molecular flexibility index (Phi) is 6.92. The van der Waals surface area contributed by atoms with Gasteiger partial charge in [0.05, 0.1) is 6.61 Å². The summed E-state index contributed by atoms with van der Waals surface area (Å²) < 4.78 is 0. The van der Waals surface area contributed by atoms with Crippen LogP contribution in [-0.2, 0) is 16.1 Å². The minimum Gasteiger partial charge on any atom is -0.395 e. The van der Waals surface area contributed by atoms with Gasteiger partial charge in [0.15, 0.2) is 0 Å². The summed E-state index contributed by atoms with van der Waals surface area (Å²) in [7, 11) is 0. The molecular formula is C21H26N2O3. The molecule has 0 atom stereocenters. The SMILES string of the molecule is Cc1cccc(C(C)C)c1NC(=O)C(=O)N(CCO)Cc1ccccc1. The van der Waals surface area contributed by atoms with Crippen LogP contribution in [0.1, 0.15) is 36.5 Å². The Bertz CT molecular complexity index is 757. The molecule has 0 fully saturated rings. The summed E-state index contributed by atoms with van der Waals surface area (Å²) in [6.07, 6.45) is 0. The Labute approximate surface area is 154 Å². The molecule has 5 heteroatoms. The lowest BCUT2D eigenvalue weighted by molar-refractivity contribution is -0.143. The number of amides is 2. The van der Waals surface area contributed by atoms with Crippen LogP contribution in [0.2, 0.25) is 0 Å². The van der Waals surface area contributed by atoms with E-state index in [1.807, 2.05) is 69.3 Å². The topological polar surface area (TPSA) is 69.6 Å². The molecule has 0 aliphatic carbocycles. The normalized spacial score (nSPS) is 10.7. The van der Waals surface area contributed by atoms with Crippen molar-refractivity contribution in [3.05, 3.63) is 65.2 Å². The van der Waals surface area contributed by atoms with Gasteiger partial charge in [-0.05, 0) is 29.5 Å². The van der Waals surface area contributed by atoms with Crippen molar-refractivity contribution in [2.24, 2.45) is 0 Å². The maximum atomic E-state index is 12.6. The number of hydrogen-bond acceptors (Lipinski definition) is 3. The van der Waals surface area contributed by atoms with E-state index in [1.54, 1.807) is 0 Å². The Morgan fingerprint density at radius 3 is 2.38 bits per heavy atom.